The van der Waals surface area contributed by atoms with Gasteiger partial charge < -0.3 is 19.7 Å². The van der Waals surface area contributed by atoms with Gasteiger partial charge >= 0.3 is 5.97 Å². The van der Waals surface area contributed by atoms with Crippen molar-refractivity contribution in [3.8, 4) is 11.5 Å². The summed E-state index contributed by atoms with van der Waals surface area (Å²) in [4.78, 5) is 32.1. The number of carbonyl (C=O) groups excluding carboxylic acids is 2. The highest BCUT2D eigenvalue weighted by Crippen LogP contribution is 2.45. The molecule has 1 unspecified atom stereocenters. The van der Waals surface area contributed by atoms with Crippen LogP contribution >= 0.6 is 11.8 Å². The number of amidine groups is 1. The second-order valence-corrected chi connectivity index (χ2v) is 8.57. The van der Waals surface area contributed by atoms with E-state index in [9.17, 15) is 9.59 Å². The molecule has 34 heavy (non-hydrogen) atoms. The number of esters is 1. The lowest BCUT2D eigenvalue weighted by Crippen LogP contribution is -2.38. The number of hydrogen-bond acceptors (Lipinski definition) is 7. The molecule has 0 spiro atoms. The van der Waals surface area contributed by atoms with Gasteiger partial charge in [0.2, 0.25) is 5.91 Å². The fraction of sp³-hybridized carbons (Fsp3) is 0.269. The van der Waals surface area contributed by atoms with E-state index in [2.05, 4.69) is 10.3 Å². The van der Waals surface area contributed by atoms with Crippen LogP contribution in [0.5, 0.6) is 11.5 Å². The fourth-order valence-corrected chi connectivity index (χ4v) is 4.92. The number of para-hydroxylation sites is 1. The molecule has 8 heteroatoms. The number of nitrogens with zero attached hydrogens (tertiary/aromatic N) is 2. The molecule has 2 aliphatic rings. The number of benzene rings is 2. The maximum absolute atomic E-state index is 13.1. The van der Waals surface area contributed by atoms with Crippen molar-refractivity contribution in [3.63, 3.8) is 0 Å². The molecule has 0 radical (unpaired) electrons. The first-order valence-electron chi connectivity index (χ1n) is 11.2. The molecule has 176 valence electrons. The van der Waals surface area contributed by atoms with Crippen LogP contribution in [0.2, 0.25) is 0 Å². The SMILES string of the molecule is CCNC(=O)CC1=CSC2=NC(C)=C(C(=O)OCC)C(c3cccc(Oc4ccccc4)c3)N12. The summed E-state index contributed by atoms with van der Waals surface area (Å²) in [5.41, 5.74) is 2.67. The summed E-state index contributed by atoms with van der Waals surface area (Å²) in [6.07, 6.45) is 0.186. The van der Waals surface area contributed by atoms with Gasteiger partial charge in [0, 0.05) is 12.2 Å². The fourth-order valence-electron chi connectivity index (χ4n) is 3.95. The number of hydrogen-bond donors (Lipinski definition) is 1. The molecule has 0 saturated heterocycles. The third-order valence-electron chi connectivity index (χ3n) is 5.36. The smallest absolute Gasteiger partial charge is 0.338 e. The quantitative estimate of drug-likeness (QED) is 0.530. The van der Waals surface area contributed by atoms with Gasteiger partial charge in [-0.1, -0.05) is 42.1 Å². The van der Waals surface area contributed by atoms with E-state index < -0.39 is 12.0 Å². The van der Waals surface area contributed by atoms with E-state index in [1.807, 2.05) is 78.8 Å². The Kier molecular flexibility index (Phi) is 7.37. The van der Waals surface area contributed by atoms with Crippen LogP contribution in [0.15, 0.2) is 82.0 Å². The highest BCUT2D eigenvalue weighted by Gasteiger charge is 2.41. The van der Waals surface area contributed by atoms with E-state index in [0.29, 0.717) is 23.6 Å². The highest BCUT2D eigenvalue weighted by atomic mass is 32.2. The number of ether oxygens (including phenoxy) is 2. The normalized spacial score (nSPS) is 17.0. The third-order valence-corrected chi connectivity index (χ3v) is 6.25. The average Bonchev–Trinajstić information content (AvgIpc) is 3.21. The monoisotopic (exact) mass is 477 g/mol. The van der Waals surface area contributed by atoms with E-state index in [0.717, 1.165) is 22.2 Å². The zero-order valence-electron chi connectivity index (χ0n) is 19.4. The van der Waals surface area contributed by atoms with Crippen LogP contribution < -0.4 is 10.1 Å². The van der Waals surface area contributed by atoms with Crippen molar-refractivity contribution in [2.75, 3.05) is 13.2 Å². The number of carbonyl (C=O) groups is 2. The Morgan fingerprint density at radius 1 is 1.09 bits per heavy atom. The average molecular weight is 478 g/mol. The van der Waals surface area contributed by atoms with Crippen LogP contribution in [0.25, 0.3) is 0 Å². The third kappa shape index (κ3) is 5.02. The van der Waals surface area contributed by atoms with Crippen LogP contribution in [0, 0.1) is 0 Å². The summed E-state index contributed by atoms with van der Waals surface area (Å²) in [6.45, 7) is 6.29. The Labute approximate surface area is 203 Å². The van der Waals surface area contributed by atoms with E-state index in [-0.39, 0.29) is 18.9 Å². The van der Waals surface area contributed by atoms with Gasteiger partial charge in [0.05, 0.1) is 30.3 Å². The van der Waals surface area contributed by atoms with Crippen molar-refractivity contribution in [2.24, 2.45) is 4.99 Å². The Bertz CT molecular complexity index is 1170. The van der Waals surface area contributed by atoms with Gasteiger partial charge in [-0.3, -0.25) is 4.79 Å². The van der Waals surface area contributed by atoms with Gasteiger partial charge in [0.15, 0.2) is 5.17 Å². The first-order valence-corrected chi connectivity index (χ1v) is 12.1. The number of fused-ring (bicyclic) bond motifs is 1. The van der Waals surface area contributed by atoms with Gasteiger partial charge in [-0.2, -0.15) is 0 Å². The number of aliphatic imine (C=N–C) groups is 1. The number of thioether (sulfide) groups is 1. The molecular formula is C26H27N3O4S. The minimum absolute atomic E-state index is 0.0838. The zero-order chi connectivity index (χ0) is 24.1. The number of amides is 1. The molecule has 1 N–H and O–H groups in total. The van der Waals surface area contributed by atoms with Gasteiger partial charge in [0.1, 0.15) is 11.5 Å². The first-order chi connectivity index (χ1) is 16.5. The Morgan fingerprint density at radius 3 is 2.59 bits per heavy atom. The second-order valence-electron chi connectivity index (χ2n) is 7.73. The molecule has 0 fully saturated rings. The van der Waals surface area contributed by atoms with E-state index in [1.54, 1.807) is 6.92 Å². The molecule has 0 aromatic heterocycles. The van der Waals surface area contributed by atoms with Crippen LogP contribution in [-0.2, 0) is 14.3 Å². The second kappa shape index (κ2) is 10.6. The van der Waals surface area contributed by atoms with Crippen molar-refractivity contribution in [1.29, 1.82) is 0 Å². The molecule has 2 aliphatic heterocycles. The highest BCUT2D eigenvalue weighted by molar-refractivity contribution is 8.16. The lowest BCUT2D eigenvalue weighted by atomic mass is 9.93. The molecule has 0 aliphatic carbocycles. The molecule has 2 aromatic rings. The largest absolute Gasteiger partial charge is 0.463 e. The summed E-state index contributed by atoms with van der Waals surface area (Å²) in [5.74, 6) is 0.863. The molecule has 2 aromatic carbocycles. The molecule has 0 bridgehead atoms. The lowest BCUT2D eigenvalue weighted by Gasteiger charge is -2.36. The van der Waals surface area contributed by atoms with Crippen LogP contribution in [0.3, 0.4) is 0 Å². The summed E-state index contributed by atoms with van der Waals surface area (Å²) < 4.78 is 11.5. The molecule has 1 atom stereocenters. The lowest BCUT2D eigenvalue weighted by molar-refractivity contribution is -0.139. The van der Waals surface area contributed by atoms with Crippen molar-refractivity contribution in [2.45, 2.75) is 33.2 Å². The van der Waals surface area contributed by atoms with Gasteiger partial charge in [0.25, 0.3) is 0 Å². The number of nitrogens with one attached hydrogen (secondary N) is 1. The van der Waals surface area contributed by atoms with Gasteiger partial charge in [-0.05, 0) is 56.0 Å². The predicted octanol–water partition coefficient (Wildman–Crippen LogP) is 5.14. The molecule has 4 rings (SSSR count). The van der Waals surface area contributed by atoms with Crippen molar-refractivity contribution in [3.05, 3.63) is 82.5 Å². The summed E-state index contributed by atoms with van der Waals surface area (Å²) >= 11 is 1.45. The summed E-state index contributed by atoms with van der Waals surface area (Å²) in [7, 11) is 0. The van der Waals surface area contributed by atoms with E-state index in [4.69, 9.17) is 9.47 Å². The topological polar surface area (TPSA) is 80.2 Å². The first kappa shape index (κ1) is 23.6. The van der Waals surface area contributed by atoms with E-state index in [1.165, 1.54) is 11.8 Å². The predicted molar refractivity (Wildman–Crippen MR) is 133 cm³/mol. The van der Waals surface area contributed by atoms with E-state index >= 15 is 0 Å². The Hall–Kier alpha value is -3.52. The van der Waals surface area contributed by atoms with Crippen molar-refractivity contribution >= 4 is 28.8 Å². The van der Waals surface area contributed by atoms with Crippen LogP contribution in [0.4, 0.5) is 0 Å². The minimum atomic E-state index is -0.499. The van der Waals surface area contributed by atoms with Crippen molar-refractivity contribution < 1.29 is 19.1 Å². The molecule has 0 saturated carbocycles. The molecule has 7 nitrogen and oxygen atoms in total. The zero-order valence-corrected chi connectivity index (χ0v) is 20.2. The number of allylic oxidation sites excluding steroid dienone is 1. The standard InChI is InChI=1S/C26H27N3O4S/c1-4-27-22(30)15-19-16-34-26-28-17(3)23(25(31)32-5-2)24(29(19)26)18-10-9-13-21(14-18)33-20-11-7-6-8-12-20/h6-14,16,24H,4-5,15H2,1-3H3,(H,27,30). The number of rotatable bonds is 8. The Balaban J connectivity index is 1.74. The van der Waals surface area contributed by atoms with Gasteiger partial charge in [-0.15, -0.1) is 0 Å². The molecular weight excluding hydrogens is 450 g/mol. The Morgan fingerprint density at radius 2 is 1.85 bits per heavy atom. The molecule has 2 heterocycles. The van der Waals surface area contributed by atoms with Gasteiger partial charge in [-0.25, -0.2) is 9.79 Å². The van der Waals surface area contributed by atoms with Crippen LogP contribution in [-0.4, -0.2) is 35.1 Å². The molecule has 1 amide bonds. The summed E-state index contributed by atoms with van der Waals surface area (Å²) in [5, 5.41) is 5.49. The summed E-state index contributed by atoms with van der Waals surface area (Å²) in [6, 6.07) is 16.7. The maximum Gasteiger partial charge on any atom is 0.338 e. The minimum Gasteiger partial charge on any atom is -0.463 e. The maximum atomic E-state index is 13.1. The van der Waals surface area contributed by atoms with Crippen molar-refractivity contribution in [1.82, 2.24) is 10.2 Å². The van der Waals surface area contributed by atoms with Crippen LogP contribution in [0.1, 0.15) is 38.8 Å².